The van der Waals surface area contributed by atoms with Gasteiger partial charge in [-0.1, -0.05) is 12.1 Å². The first-order valence-electron chi connectivity index (χ1n) is 5.41. The second-order valence-electron chi connectivity index (χ2n) is 3.95. The summed E-state index contributed by atoms with van der Waals surface area (Å²) in [5.74, 6) is -0.346. The van der Waals surface area contributed by atoms with Crippen LogP contribution >= 0.6 is 27.3 Å². The minimum Gasteiger partial charge on any atom is -0.207 e. The number of hydrogen-bond acceptors (Lipinski definition) is 3. The van der Waals surface area contributed by atoms with E-state index in [1.807, 2.05) is 0 Å². The molecule has 0 aliphatic heterocycles. The lowest BCUT2D eigenvalue weighted by molar-refractivity contribution is 0.568. The average Bonchev–Trinajstić information content (AvgIpc) is 2.77. The quantitative estimate of drug-likeness (QED) is 0.900. The van der Waals surface area contributed by atoms with Crippen molar-refractivity contribution in [3.8, 4) is 0 Å². The van der Waals surface area contributed by atoms with E-state index in [4.69, 9.17) is 0 Å². The fraction of sp³-hybridized carbons (Fsp3) is 0.167. The number of hydrogen-bond donors (Lipinski definition) is 1. The third kappa shape index (κ3) is 3.62. The molecule has 1 aromatic heterocycles. The molecule has 0 spiro atoms. The number of benzene rings is 1. The Balaban J connectivity index is 2.18. The summed E-state index contributed by atoms with van der Waals surface area (Å²) in [4.78, 5) is 0. The van der Waals surface area contributed by atoms with Crippen LogP contribution in [0.1, 0.15) is 18.5 Å². The molecule has 0 aliphatic carbocycles. The molecule has 7 heteroatoms. The van der Waals surface area contributed by atoms with Crippen molar-refractivity contribution in [3.63, 3.8) is 0 Å². The summed E-state index contributed by atoms with van der Waals surface area (Å²) in [6.07, 6.45) is 0. The first kappa shape index (κ1) is 14.6. The smallest absolute Gasteiger partial charge is 0.207 e. The predicted molar refractivity (Wildman–Crippen MR) is 77.2 cm³/mol. The zero-order chi connectivity index (χ0) is 14.0. The first-order valence-corrected chi connectivity index (χ1v) is 8.51. The molecule has 1 heterocycles. The van der Waals surface area contributed by atoms with Crippen LogP contribution in [0.4, 0.5) is 4.39 Å². The van der Waals surface area contributed by atoms with Crippen LogP contribution < -0.4 is 4.72 Å². The summed E-state index contributed by atoms with van der Waals surface area (Å²) in [6.45, 7) is 1.72. The molecule has 1 aromatic carbocycles. The number of halogens is 2. The minimum absolute atomic E-state index is 0.244. The van der Waals surface area contributed by atoms with Gasteiger partial charge in [0.1, 0.15) is 10.0 Å². The van der Waals surface area contributed by atoms with Crippen LogP contribution in [0, 0.1) is 5.82 Å². The Morgan fingerprint density at radius 1 is 1.21 bits per heavy atom. The van der Waals surface area contributed by atoms with E-state index < -0.39 is 16.1 Å². The summed E-state index contributed by atoms with van der Waals surface area (Å²) in [7, 11) is -3.55. The van der Waals surface area contributed by atoms with Crippen molar-refractivity contribution in [1.82, 2.24) is 4.72 Å². The second kappa shape index (κ2) is 5.70. The zero-order valence-electron chi connectivity index (χ0n) is 9.93. The van der Waals surface area contributed by atoms with E-state index in [9.17, 15) is 12.8 Å². The standard InChI is InChI=1S/C12H11BrFNO2S2/c1-8(9-2-4-10(14)5-3-9)15-19(16,17)12-7-6-11(13)18-12/h2-8,15H,1H3. The van der Waals surface area contributed by atoms with Crippen LogP contribution in [0.25, 0.3) is 0 Å². The zero-order valence-corrected chi connectivity index (χ0v) is 13.1. The SMILES string of the molecule is CC(NS(=O)(=O)c1ccc(Br)s1)c1ccc(F)cc1. The summed E-state index contributed by atoms with van der Waals surface area (Å²) < 4.78 is 40.6. The fourth-order valence-corrected chi connectivity index (χ4v) is 4.81. The molecule has 2 aromatic rings. The molecule has 102 valence electrons. The van der Waals surface area contributed by atoms with Crippen molar-refractivity contribution in [2.24, 2.45) is 0 Å². The van der Waals surface area contributed by atoms with E-state index in [0.717, 1.165) is 15.1 Å². The van der Waals surface area contributed by atoms with E-state index in [1.54, 1.807) is 25.1 Å². The normalized spacial score (nSPS) is 13.4. The molecular formula is C12H11BrFNO2S2. The van der Waals surface area contributed by atoms with Crippen LogP contribution in [0.2, 0.25) is 0 Å². The molecule has 1 N–H and O–H groups in total. The largest absolute Gasteiger partial charge is 0.250 e. The molecule has 0 aliphatic rings. The van der Waals surface area contributed by atoms with Crippen molar-refractivity contribution in [2.45, 2.75) is 17.2 Å². The third-order valence-corrected chi connectivity index (χ3v) is 6.17. The Bertz CT molecular complexity index is 667. The Morgan fingerprint density at radius 3 is 2.37 bits per heavy atom. The molecule has 0 fully saturated rings. The Labute approximate surface area is 123 Å². The lowest BCUT2D eigenvalue weighted by Crippen LogP contribution is -2.26. The maximum Gasteiger partial charge on any atom is 0.250 e. The van der Waals surface area contributed by atoms with E-state index in [1.165, 1.54) is 18.2 Å². The Morgan fingerprint density at radius 2 is 1.84 bits per heavy atom. The highest BCUT2D eigenvalue weighted by atomic mass is 79.9. The predicted octanol–water partition coefficient (Wildman–Crippen LogP) is 3.69. The van der Waals surface area contributed by atoms with E-state index in [2.05, 4.69) is 20.7 Å². The number of rotatable bonds is 4. The van der Waals surface area contributed by atoms with Gasteiger partial charge in [-0.05, 0) is 52.7 Å². The van der Waals surface area contributed by atoms with Crippen molar-refractivity contribution in [1.29, 1.82) is 0 Å². The third-order valence-electron chi connectivity index (χ3n) is 2.52. The van der Waals surface area contributed by atoms with Gasteiger partial charge in [0.15, 0.2) is 0 Å². The van der Waals surface area contributed by atoms with Crippen molar-refractivity contribution >= 4 is 37.3 Å². The van der Waals surface area contributed by atoms with Crippen molar-refractivity contribution in [3.05, 3.63) is 51.6 Å². The molecule has 0 radical (unpaired) electrons. The number of nitrogens with one attached hydrogen (secondary N) is 1. The van der Waals surface area contributed by atoms with Crippen LogP contribution in [0.5, 0.6) is 0 Å². The summed E-state index contributed by atoms with van der Waals surface area (Å²) in [5, 5.41) is 0. The van der Waals surface area contributed by atoms with Gasteiger partial charge in [-0.3, -0.25) is 0 Å². The lowest BCUT2D eigenvalue weighted by Gasteiger charge is -2.13. The maximum absolute atomic E-state index is 12.8. The van der Waals surface area contributed by atoms with Gasteiger partial charge in [-0.2, -0.15) is 0 Å². The van der Waals surface area contributed by atoms with Gasteiger partial charge >= 0.3 is 0 Å². The Hall–Kier alpha value is -0.760. The highest BCUT2D eigenvalue weighted by Crippen LogP contribution is 2.27. The first-order chi connectivity index (χ1) is 8.88. The monoisotopic (exact) mass is 363 g/mol. The molecule has 3 nitrogen and oxygen atoms in total. The molecule has 19 heavy (non-hydrogen) atoms. The van der Waals surface area contributed by atoms with Gasteiger partial charge in [0.05, 0.1) is 3.79 Å². The van der Waals surface area contributed by atoms with Gasteiger partial charge in [-0.15, -0.1) is 11.3 Å². The van der Waals surface area contributed by atoms with Crippen LogP contribution in [0.3, 0.4) is 0 Å². The van der Waals surface area contributed by atoms with Crippen molar-refractivity contribution in [2.75, 3.05) is 0 Å². The van der Waals surface area contributed by atoms with Gasteiger partial charge in [-0.25, -0.2) is 17.5 Å². The van der Waals surface area contributed by atoms with Crippen molar-refractivity contribution < 1.29 is 12.8 Å². The number of thiophene rings is 1. The lowest BCUT2D eigenvalue weighted by atomic mass is 10.1. The average molecular weight is 364 g/mol. The molecule has 0 amide bonds. The molecule has 0 saturated carbocycles. The molecule has 2 rings (SSSR count). The fourth-order valence-electron chi connectivity index (χ4n) is 1.55. The van der Waals surface area contributed by atoms with Gasteiger partial charge in [0.25, 0.3) is 10.0 Å². The summed E-state index contributed by atoms with van der Waals surface area (Å²) >= 11 is 4.37. The van der Waals surface area contributed by atoms with Crippen LogP contribution in [0.15, 0.2) is 44.4 Å². The minimum atomic E-state index is -3.55. The van der Waals surface area contributed by atoms with E-state index in [-0.39, 0.29) is 10.0 Å². The topological polar surface area (TPSA) is 46.2 Å². The summed E-state index contributed by atoms with van der Waals surface area (Å²) in [6, 6.07) is 8.53. The molecule has 0 bridgehead atoms. The number of sulfonamides is 1. The molecule has 0 saturated heterocycles. The molecule has 1 unspecified atom stereocenters. The second-order valence-corrected chi connectivity index (χ2v) is 8.36. The van der Waals surface area contributed by atoms with Gasteiger partial charge in [0.2, 0.25) is 0 Å². The van der Waals surface area contributed by atoms with Crippen LogP contribution in [-0.2, 0) is 10.0 Å². The highest BCUT2D eigenvalue weighted by Gasteiger charge is 2.20. The molecular weight excluding hydrogens is 353 g/mol. The Kier molecular flexibility index (Phi) is 4.39. The van der Waals surface area contributed by atoms with Gasteiger partial charge < -0.3 is 0 Å². The molecule has 1 atom stereocenters. The van der Waals surface area contributed by atoms with E-state index in [0.29, 0.717) is 5.56 Å². The van der Waals surface area contributed by atoms with Crippen LogP contribution in [-0.4, -0.2) is 8.42 Å². The summed E-state index contributed by atoms with van der Waals surface area (Å²) in [5.41, 5.74) is 0.709. The highest BCUT2D eigenvalue weighted by molar-refractivity contribution is 9.11. The van der Waals surface area contributed by atoms with E-state index >= 15 is 0 Å². The maximum atomic E-state index is 12.8. The van der Waals surface area contributed by atoms with Gasteiger partial charge in [0, 0.05) is 6.04 Å².